The van der Waals surface area contributed by atoms with Gasteiger partial charge in [-0.15, -0.1) is 0 Å². The summed E-state index contributed by atoms with van der Waals surface area (Å²) in [6.07, 6.45) is 3.42. The number of hydrogen-bond donors (Lipinski definition) is 2. The van der Waals surface area contributed by atoms with Crippen molar-refractivity contribution >= 4 is 11.8 Å². The van der Waals surface area contributed by atoms with E-state index in [-0.39, 0.29) is 0 Å². The van der Waals surface area contributed by atoms with Crippen LogP contribution in [-0.2, 0) is 0 Å². The van der Waals surface area contributed by atoms with Crippen molar-refractivity contribution in [2.24, 2.45) is 0 Å². The molecule has 0 aliphatic heterocycles. The summed E-state index contributed by atoms with van der Waals surface area (Å²) in [5.41, 5.74) is 7.61. The molecule has 0 bridgehead atoms. The van der Waals surface area contributed by atoms with Crippen LogP contribution < -0.4 is 15.6 Å². The van der Waals surface area contributed by atoms with Crippen molar-refractivity contribution in [3.63, 3.8) is 0 Å². The van der Waals surface area contributed by atoms with E-state index in [0.29, 0.717) is 16.9 Å². The zero-order chi connectivity index (χ0) is 18.4. The van der Waals surface area contributed by atoms with Crippen molar-refractivity contribution in [1.82, 2.24) is 15.8 Å². The maximum Gasteiger partial charge on any atom is 0.269 e. The molecule has 0 unspecified atom stereocenters. The smallest absolute Gasteiger partial charge is 0.269 e. The Labute approximate surface area is 150 Å². The van der Waals surface area contributed by atoms with Gasteiger partial charge in [-0.3, -0.25) is 25.4 Å². The number of pyridine rings is 1. The lowest BCUT2D eigenvalue weighted by Crippen LogP contribution is -2.41. The van der Waals surface area contributed by atoms with Gasteiger partial charge in [-0.1, -0.05) is 18.2 Å². The normalized spacial score (nSPS) is 10.0. The van der Waals surface area contributed by atoms with E-state index in [1.54, 1.807) is 48.8 Å². The van der Waals surface area contributed by atoms with E-state index in [2.05, 4.69) is 15.8 Å². The highest BCUT2D eigenvalue weighted by atomic mass is 16.5. The molecule has 26 heavy (non-hydrogen) atoms. The second kappa shape index (κ2) is 7.94. The van der Waals surface area contributed by atoms with Crippen LogP contribution in [0.5, 0.6) is 5.75 Å². The molecule has 3 aromatic rings. The number of carbonyl (C=O) groups excluding carboxylic acids is 2. The lowest BCUT2D eigenvalue weighted by atomic mass is 10.1. The van der Waals surface area contributed by atoms with Crippen LogP contribution in [-0.4, -0.2) is 23.9 Å². The van der Waals surface area contributed by atoms with E-state index in [4.69, 9.17) is 4.74 Å². The fourth-order valence-electron chi connectivity index (χ4n) is 2.38. The maximum absolute atomic E-state index is 12.2. The maximum atomic E-state index is 12.2. The Morgan fingerprint density at radius 3 is 2.08 bits per heavy atom. The van der Waals surface area contributed by atoms with Gasteiger partial charge in [0.15, 0.2) is 0 Å². The third kappa shape index (κ3) is 4.05. The Kier molecular flexibility index (Phi) is 5.24. The molecule has 2 N–H and O–H groups in total. The lowest BCUT2D eigenvalue weighted by molar-refractivity contribution is 0.0846. The van der Waals surface area contributed by atoms with Gasteiger partial charge in [0.05, 0.1) is 7.11 Å². The molecule has 2 aromatic carbocycles. The van der Waals surface area contributed by atoms with Crippen LogP contribution >= 0.6 is 0 Å². The first-order valence-electron chi connectivity index (χ1n) is 7.92. The van der Waals surface area contributed by atoms with E-state index in [1.807, 2.05) is 24.3 Å². The van der Waals surface area contributed by atoms with Crippen LogP contribution in [0.3, 0.4) is 0 Å². The first-order valence-corrected chi connectivity index (χ1v) is 7.92. The highest BCUT2D eigenvalue weighted by Gasteiger charge is 2.10. The number of hydrogen-bond acceptors (Lipinski definition) is 4. The lowest BCUT2D eigenvalue weighted by Gasteiger charge is -2.09. The number of aromatic nitrogens is 1. The Hall–Kier alpha value is -3.67. The Balaban J connectivity index is 1.62. The van der Waals surface area contributed by atoms with E-state index in [1.165, 1.54) is 7.11 Å². The van der Waals surface area contributed by atoms with Crippen molar-refractivity contribution in [3.8, 4) is 16.9 Å². The highest BCUT2D eigenvalue weighted by Crippen LogP contribution is 2.18. The van der Waals surface area contributed by atoms with Crippen molar-refractivity contribution in [3.05, 3.63) is 84.2 Å². The van der Waals surface area contributed by atoms with Gasteiger partial charge >= 0.3 is 0 Å². The van der Waals surface area contributed by atoms with Crippen molar-refractivity contribution in [2.75, 3.05) is 7.11 Å². The topological polar surface area (TPSA) is 80.3 Å². The van der Waals surface area contributed by atoms with Gasteiger partial charge in [0, 0.05) is 23.5 Å². The number of rotatable bonds is 4. The van der Waals surface area contributed by atoms with Gasteiger partial charge in [-0.25, -0.2) is 0 Å². The molecule has 0 saturated heterocycles. The van der Waals surface area contributed by atoms with Crippen LogP contribution in [0.2, 0.25) is 0 Å². The second-order valence-corrected chi connectivity index (χ2v) is 5.45. The largest absolute Gasteiger partial charge is 0.497 e. The van der Waals surface area contributed by atoms with Crippen LogP contribution in [0.1, 0.15) is 20.7 Å². The SMILES string of the molecule is COc1cccc(C(=O)NNC(=O)c2ccc(-c3ccncc3)cc2)c1. The van der Waals surface area contributed by atoms with Crippen molar-refractivity contribution in [2.45, 2.75) is 0 Å². The molecule has 0 aliphatic carbocycles. The molecule has 0 radical (unpaired) electrons. The first kappa shape index (κ1) is 17.2. The average molecular weight is 347 g/mol. The molecule has 1 aromatic heterocycles. The molecule has 6 heteroatoms. The van der Waals surface area contributed by atoms with E-state index in [0.717, 1.165) is 11.1 Å². The summed E-state index contributed by atoms with van der Waals surface area (Å²) in [4.78, 5) is 28.3. The van der Waals surface area contributed by atoms with Gasteiger partial charge < -0.3 is 4.74 Å². The van der Waals surface area contributed by atoms with E-state index >= 15 is 0 Å². The molecular formula is C20H17N3O3. The standard InChI is InChI=1S/C20H17N3O3/c1-26-18-4-2-3-17(13-18)20(25)23-22-19(24)16-7-5-14(6-8-16)15-9-11-21-12-10-15/h2-13H,1H3,(H,22,24)(H,23,25). The zero-order valence-electron chi connectivity index (χ0n) is 14.1. The third-order valence-corrected chi connectivity index (χ3v) is 3.78. The van der Waals surface area contributed by atoms with Crippen molar-refractivity contribution < 1.29 is 14.3 Å². The van der Waals surface area contributed by atoms with Crippen LogP contribution in [0.25, 0.3) is 11.1 Å². The van der Waals surface area contributed by atoms with E-state index < -0.39 is 11.8 Å². The Bertz CT molecular complexity index is 909. The predicted molar refractivity (Wildman–Crippen MR) is 97.6 cm³/mol. The van der Waals surface area contributed by atoms with Gasteiger partial charge in [-0.2, -0.15) is 0 Å². The minimum atomic E-state index is -0.425. The molecule has 1 heterocycles. The molecule has 0 aliphatic rings. The van der Waals surface area contributed by atoms with Crippen molar-refractivity contribution in [1.29, 1.82) is 0 Å². The number of nitrogens with zero attached hydrogens (tertiary/aromatic N) is 1. The van der Waals surface area contributed by atoms with Crippen LogP contribution in [0, 0.1) is 0 Å². The van der Waals surface area contributed by atoms with Gasteiger partial charge in [0.1, 0.15) is 5.75 Å². The molecule has 0 atom stereocenters. The average Bonchev–Trinajstić information content (AvgIpc) is 2.72. The minimum absolute atomic E-state index is 0.387. The highest BCUT2D eigenvalue weighted by molar-refractivity contribution is 5.99. The molecular weight excluding hydrogens is 330 g/mol. The van der Waals surface area contributed by atoms with Gasteiger partial charge in [0.2, 0.25) is 0 Å². The zero-order valence-corrected chi connectivity index (χ0v) is 14.1. The minimum Gasteiger partial charge on any atom is -0.497 e. The molecule has 3 rings (SSSR count). The van der Waals surface area contributed by atoms with Crippen LogP contribution in [0.15, 0.2) is 73.1 Å². The Morgan fingerprint density at radius 1 is 0.808 bits per heavy atom. The summed E-state index contributed by atoms with van der Waals surface area (Å²) in [5, 5.41) is 0. The van der Waals surface area contributed by atoms with Gasteiger partial charge in [0.25, 0.3) is 11.8 Å². The molecule has 2 amide bonds. The molecule has 0 fully saturated rings. The number of hydrazine groups is 1. The fraction of sp³-hybridized carbons (Fsp3) is 0.0500. The second-order valence-electron chi connectivity index (χ2n) is 5.45. The number of benzene rings is 2. The first-order chi connectivity index (χ1) is 12.7. The van der Waals surface area contributed by atoms with Gasteiger partial charge in [-0.05, 0) is 53.6 Å². The molecule has 130 valence electrons. The predicted octanol–water partition coefficient (Wildman–Crippen LogP) is 2.83. The Morgan fingerprint density at radius 2 is 1.42 bits per heavy atom. The number of ether oxygens (including phenoxy) is 1. The monoisotopic (exact) mass is 347 g/mol. The number of carbonyl (C=O) groups is 2. The fourth-order valence-corrected chi connectivity index (χ4v) is 2.38. The summed E-state index contributed by atoms with van der Waals surface area (Å²) in [7, 11) is 1.52. The quantitative estimate of drug-likeness (QED) is 0.711. The summed E-state index contributed by atoms with van der Waals surface area (Å²) in [5.74, 6) is -0.260. The molecule has 6 nitrogen and oxygen atoms in total. The third-order valence-electron chi connectivity index (χ3n) is 3.78. The number of methoxy groups -OCH3 is 1. The van der Waals surface area contributed by atoms with E-state index in [9.17, 15) is 9.59 Å². The summed E-state index contributed by atoms with van der Waals surface area (Å²) < 4.78 is 5.08. The molecule has 0 saturated carbocycles. The number of amides is 2. The summed E-state index contributed by atoms with van der Waals surface area (Å²) in [6, 6.07) is 17.5. The molecule has 0 spiro atoms. The van der Waals surface area contributed by atoms with Crippen LogP contribution in [0.4, 0.5) is 0 Å². The summed E-state index contributed by atoms with van der Waals surface area (Å²) in [6.45, 7) is 0. The summed E-state index contributed by atoms with van der Waals surface area (Å²) >= 11 is 0. The number of nitrogens with one attached hydrogen (secondary N) is 2.